The molecule has 0 saturated carbocycles. The average molecular weight is 496 g/mol. The predicted molar refractivity (Wildman–Crippen MR) is 151 cm³/mol. The number of unbranched alkanes of at least 4 members (excludes halogenated alkanes) is 28. The van der Waals surface area contributed by atoms with E-state index < -0.39 is 5.97 Å². The summed E-state index contributed by atoms with van der Waals surface area (Å²) in [6.07, 6.45) is 39.3. The van der Waals surface area contributed by atoms with Crippen LogP contribution in [0.1, 0.15) is 193 Å². The molecule has 0 aliphatic carbocycles. The molecule has 0 bridgehead atoms. The van der Waals surface area contributed by atoms with Gasteiger partial charge in [0.2, 0.25) is 0 Å². The molecule has 0 aliphatic heterocycles. The number of aliphatic hydroxyl groups excluding tert-OH is 1. The molecule has 0 aromatic carbocycles. The molecular weight excluding hydrogens is 432 g/mol. The molecule has 210 valence electrons. The first-order chi connectivity index (χ1) is 17.3. The van der Waals surface area contributed by atoms with Crippen LogP contribution in [0.5, 0.6) is 0 Å². The van der Waals surface area contributed by atoms with E-state index in [-0.39, 0.29) is 6.42 Å². The minimum absolute atomic E-state index is 0.232. The SMILES string of the molecule is O=C([O-])CCCCCCCCCCCCCCCCCCCCCCCCCCCCCCCO. The first-order valence-corrected chi connectivity index (χ1v) is 16.1. The number of hydrogen-bond donors (Lipinski definition) is 1. The highest BCUT2D eigenvalue weighted by molar-refractivity contribution is 5.64. The molecule has 0 amide bonds. The summed E-state index contributed by atoms with van der Waals surface area (Å²) in [5.41, 5.74) is 0. The molecule has 0 aromatic heterocycles. The van der Waals surface area contributed by atoms with Crippen LogP contribution in [-0.2, 0) is 4.79 Å². The Balaban J connectivity index is 3.01. The maximum absolute atomic E-state index is 10.3. The number of carboxylic acid groups (broad SMARTS) is 1. The molecule has 0 heterocycles. The van der Waals surface area contributed by atoms with Gasteiger partial charge in [0, 0.05) is 12.6 Å². The van der Waals surface area contributed by atoms with Crippen LogP contribution >= 0.6 is 0 Å². The number of carbonyl (C=O) groups excluding carboxylic acids is 1. The van der Waals surface area contributed by atoms with Crippen molar-refractivity contribution in [2.45, 2.75) is 193 Å². The summed E-state index contributed by atoms with van der Waals surface area (Å²) < 4.78 is 0. The number of aliphatic hydroxyl groups is 1. The second kappa shape index (κ2) is 31.5. The van der Waals surface area contributed by atoms with Gasteiger partial charge in [-0.3, -0.25) is 0 Å². The zero-order valence-corrected chi connectivity index (χ0v) is 23.7. The molecule has 35 heavy (non-hydrogen) atoms. The fourth-order valence-electron chi connectivity index (χ4n) is 5.15. The molecule has 0 radical (unpaired) electrons. The Labute approximate surface area is 220 Å². The molecule has 1 N–H and O–H groups in total. The Kier molecular flexibility index (Phi) is 30.9. The highest BCUT2D eigenvalue weighted by Crippen LogP contribution is 2.16. The lowest BCUT2D eigenvalue weighted by atomic mass is 10.0. The lowest BCUT2D eigenvalue weighted by Crippen LogP contribution is -2.21. The van der Waals surface area contributed by atoms with E-state index in [0.717, 1.165) is 19.3 Å². The average Bonchev–Trinajstić information content (AvgIpc) is 2.85. The van der Waals surface area contributed by atoms with Gasteiger partial charge in [0.15, 0.2) is 0 Å². The van der Waals surface area contributed by atoms with Gasteiger partial charge in [-0.25, -0.2) is 0 Å². The smallest absolute Gasteiger partial charge is 0.0431 e. The van der Waals surface area contributed by atoms with Crippen molar-refractivity contribution < 1.29 is 15.0 Å². The molecule has 0 spiro atoms. The van der Waals surface area contributed by atoms with Gasteiger partial charge in [-0.2, -0.15) is 0 Å². The number of carboxylic acids is 1. The highest BCUT2D eigenvalue weighted by Gasteiger charge is 1.97. The van der Waals surface area contributed by atoms with Crippen LogP contribution in [0.15, 0.2) is 0 Å². The third-order valence-electron chi connectivity index (χ3n) is 7.54. The van der Waals surface area contributed by atoms with Gasteiger partial charge < -0.3 is 15.0 Å². The van der Waals surface area contributed by atoms with Gasteiger partial charge in [0.05, 0.1) is 0 Å². The summed E-state index contributed by atoms with van der Waals surface area (Å²) in [4.78, 5) is 10.3. The largest absolute Gasteiger partial charge is 0.550 e. The minimum Gasteiger partial charge on any atom is -0.550 e. The van der Waals surface area contributed by atoms with E-state index in [4.69, 9.17) is 5.11 Å². The number of hydrogen-bond acceptors (Lipinski definition) is 3. The summed E-state index contributed by atoms with van der Waals surface area (Å²) in [6.45, 7) is 0.365. The zero-order valence-electron chi connectivity index (χ0n) is 23.7. The van der Waals surface area contributed by atoms with Crippen LogP contribution in [0.3, 0.4) is 0 Å². The lowest BCUT2D eigenvalue weighted by molar-refractivity contribution is -0.305. The summed E-state index contributed by atoms with van der Waals surface area (Å²) in [5, 5.41) is 19.1. The predicted octanol–water partition coefficient (Wildman–Crippen LogP) is 9.43. The van der Waals surface area contributed by atoms with Gasteiger partial charge in [0.1, 0.15) is 0 Å². The molecule has 3 heteroatoms. The molecule has 0 fully saturated rings. The third-order valence-corrected chi connectivity index (χ3v) is 7.54. The van der Waals surface area contributed by atoms with Gasteiger partial charge in [0.25, 0.3) is 0 Å². The van der Waals surface area contributed by atoms with Gasteiger partial charge >= 0.3 is 0 Å². The maximum Gasteiger partial charge on any atom is 0.0431 e. The molecule has 0 aliphatic rings. The van der Waals surface area contributed by atoms with Crippen LogP contribution in [-0.4, -0.2) is 17.7 Å². The molecule has 0 saturated heterocycles. The first-order valence-electron chi connectivity index (χ1n) is 16.1. The Hall–Kier alpha value is -0.570. The topological polar surface area (TPSA) is 60.4 Å². The van der Waals surface area contributed by atoms with Gasteiger partial charge in [-0.1, -0.05) is 173 Å². The molecular formula is C32H63O3-. The van der Waals surface area contributed by atoms with Crippen LogP contribution < -0.4 is 5.11 Å². The molecule has 3 nitrogen and oxygen atoms in total. The van der Waals surface area contributed by atoms with Crippen molar-refractivity contribution in [1.82, 2.24) is 0 Å². The van der Waals surface area contributed by atoms with Crippen molar-refractivity contribution >= 4 is 5.97 Å². The molecule has 0 aromatic rings. The molecule has 0 unspecified atom stereocenters. The molecule has 0 rings (SSSR count). The van der Waals surface area contributed by atoms with E-state index in [1.54, 1.807) is 0 Å². The van der Waals surface area contributed by atoms with E-state index in [1.807, 2.05) is 0 Å². The Morgan fingerprint density at radius 2 is 0.514 bits per heavy atom. The van der Waals surface area contributed by atoms with Crippen molar-refractivity contribution in [1.29, 1.82) is 0 Å². The van der Waals surface area contributed by atoms with Crippen molar-refractivity contribution in [2.75, 3.05) is 6.61 Å². The number of rotatable bonds is 31. The second-order valence-corrected chi connectivity index (χ2v) is 11.1. The summed E-state index contributed by atoms with van der Waals surface area (Å²) in [5.74, 6) is -0.902. The number of aliphatic carboxylic acids is 1. The van der Waals surface area contributed by atoms with Crippen molar-refractivity contribution in [3.8, 4) is 0 Å². The van der Waals surface area contributed by atoms with Crippen molar-refractivity contribution in [3.05, 3.63) is 0 Å². The van der Waals surface area contributed by atoms with Crippen LogP contribution in [0, 0.1) is 0 Å². The Morgan fingerprint density at radius 3 is 0.686 bits per heavy atom. The molecule has 0 atom stereocenters. The summed E-state index contributed by atoms with van der Waals surface area (Å²) in [7, 11) is 0. The number of carbonyl (C=O) groups is 1. The highest BCUT2D eigenvalue weighted by atomic mass is 16.4. The Bertz CT molecular complexity index is 396. The first kappa shape index (κ1) is 34.4. The van der Waals surface area contributed by atoms with Crippen LogP contribution in [0.4, 0.5) is 0 Å². The van der Waals surface area contributed by atoms with Crippen molar-refractivity contribution in [3.63, 3.8) is 0 Å². The third kappa shape index (κ3) is 33.4. The van der Waals surface area contributed by atoms with Gasteiger partial charge in [-0.05, 0) is 19.3 Å². The van der Waals surface area contributed by atoms with Crippen LogP contribution in [0.2, 0.25) is 0 Å². The van der Waals surface area contributed by atoms with E-state index in [9.17, 15) is 9.90 Å². The minimum atomic E-state index is -0.902. The quantitative estimate of drug-likeness (QED) is 0.0974. The van der Waals surface area contributed by atoms with E-state index >= 15 is 0 Å². The Morgan fingerprint density at radius 1 is 0.343 bits per heavy atom. The van der Waals surface area contributed by atoms with E-state index in [2.05, 4.69) is 0 Å². The van der Waals surface area contributed by atoms with E-state index in [1.165, 1.54) is 167 Å². The summed E-state index contributed by atoms with van der Waals surface area (Å²) >= 11 is 0. The maximum atomic E-state index is 10.3. The van der Waals surface area contributed by atoms with E-state index in [0.29, 0.717) is 6.61 Å². The fraction of sp³-hybridized carbons (Fsp3) is 0.969. The summed E-state index contributed by atoms with van der Waals surface area (Å²) in [6, 6.07) is 0. The van der Waals surface area contributed by atoms with Crippen LogP contribution in [0.25, 0.3) is 0 Å². The second-order valence-electron chi connectivity index (χ2n) is 11.1. The van der Waals surface area contributed by atoms with Gasteiger partial charge in [-0.15, -0.1) is 0 Å². The monoisotopic (exact) mass is 495 g/mol. The zero-order chi connectivity index (χ0) is 25.5. The standard InChI is InChI=1S/C32H64O3/c33-31-29-27-25-23-21-19-17-15-13-11-9-7-5-3-1-2-4-6-8-10-12-14-16-18-20-22-24-26-28-30-32(34)35/h33H,1-31H2,(H,34,35)/p-1. The lowest BCUT2D eigenvalue weighted by Gasteiger charge is -2.05. The normalized spacial score (nSPS) is 11.3. The van der Waals surface area contributed by atoms with Crippen molar-refractivity contribution in [2.24, 2.45) is 0 Å². The fourth-order valence-corrected chi connectivity index (χ4v) is 5.15.